The second-order valence-corrected chi connectivity index (χ2v) is 4.11. The van der Waals surface area contributed by atoms with Crippen molar-refractivity contribution in [3.05, 3.63) is 21.8 Å². The van der Waals surface area contributed by atoms with E-state index in [0.717, 1.165) is 9.32 Å². The summed E-state index contributed by atoms with van der Waals surface area (Å²) in [4.78, 5) is 0. The van der Waals surface area contributed by atoms with Crippen molar-refractivity contribution in [3.8, 4) is 11.8 Å². The van der Waals surface area contributed by atoms with Gasteiger partial charge in [-0.3, -0.25) is 10.8 Å². The first kappa shape index (κ1) is 13.2. The molecule has 1 aromatic rings. The van der Waals surface area contributed by atoms with Gasteiger partial charge in [0.15, 0.2) is 5.84 Å². The van der Waals surface area contributed by atoms with E-state index in [0.29, 0.717) is 5.69 Å². The summed E-state index contributed by atoms with van der Waals surface area (Å²) in [5.74, 6) is 0.361. The molecule has 7 heteroatoms. The third kappa shape index (κ3) is 3.60. The van der Waals surface area contributed by atoms with Gasteiger partial charge >= 0.3 is 0 Å². The number of hydrogen-bond acceptors (Lipinski definition) is 5. The van der Waals surface area contributed by atoms with E-state index in [4.69, 9.17) is 21.1 Å². The van der Waals surface area contributed by atoms with Crippen molar-refractivity contribution in [2.24, 2.45) is 10.8 Å². The molecule has 6 nitrogen and oxygen atoms in total. The number of anilines is 1. The lowest BCUT2D eigenvalue weighted by molar-refractivity contribution is 0.414. The maximum absolute atomic E-state index is 8.66. The highest BCUT2D eigenvalue weighted by Crippen LogP contribution is 2.23. The largest absolute Gasteiger partial charge is 0.497 e. The Hall–Kier alpha value is -1.82. The molecule has 0 aliphatic carbocycles. The fourth-order valence-corrected chi connectivity index (χ4v) is 1.58. The van der Waals surface area contributed by atoms with Crippen LogP contribution in [0.3, 0.4) is 0 Å². The number of halogens is 1. The van der Waals surface area contributed by atoms with Gasteiger partial charge in [-0.2, -0.15) is 10.4 Å². The summed E-state index contributed by atoms with van der Waals surface area (Å²) in [5.41, 5.74) is 8.39. The summed E-state index contributed by atoms with van der Waals surface area (Å²) >= 11 is 2.11. The first-order valence-corrected chi connectivity index (χ1v) is 5.58. The topological polar surface area (TPSA) is 107 Å². The van der Waals surface area contributed by atoms with Crippen molar-refractivity contribution in [3.63, 3.8) is 0 Å². The van der Waals surface area contributed by atoms with E-state index >= 15 is 0 Å². The molecule has 1 rings (SSSR count). The number of benzene rings is 1. The third-order valence-corrected chi connectivity index (χ3v) is 2.72. The van der Waals surface area contributed by atoms with Crippen LogP contribution >= 0.6 is 22.6 Å². The molecule has 0 bridgehead atoms. The van der Waals surface area contributed by atoms with E-state index in [2.05, 4.69) is 33.1 Å². The second kappa shape index (κ2) is 6.05. The number of rotatable bonds is 4. The summed E-state index contributed by atoms with van der Waals surface area (Å²) in [6.45, 7) is 0. The first-order valence-electron chi connectivity index (χ1n) is 4.50. The van der Waals surface area contributed by atoms with Gasteiger partial charge in [0.2, 0.25) is 5.71 Å². The van der Waals surface area contributed by atoms with Crippen molar-refractivity contribution in [1.82, 2.24) is 0 Å². The van der Waals surface area contributed by atoms with Crippen LogP contribution in [0.15, 0.2) is 23.3 Å². The Labute approximate surface area is 112 Å². The normalized spacial score (nSPS) is 10.5. The molecule has 0 radical (unpaired) electrons. The number of nitrogens with zero attached hydrogens (tertiary/aromatic N) is 2. The molecule has 0 spiro atoms. The number of hydrazone groups is 1. The SMILES string of the molecule is COc1ccc(N/N=C(\C#N)C(=N)N)c(I)c1. The van der Waals surface area contributed by atoms with Gasteiger partial charge in [0.25, 0.3) is 0 Å². The summed E-state index contributed by atoms with van der Waals surface area (Å²) < 4.78 is 5.94. The van der Waals surface area contributed by atoms with Crippen molar-refractivity contribution in [2.75, 3.05) is 12.5 Å². The minimum Gasteiger partial charge on any atom is -0.497 e. The number of amidine groups is 1. The highest BCUT2D eigenvalue weighted by molar-refractivity contribution is 14.1. The van der Waals surface area contributed by atoms with Gasteiger partial charge in [-0.25, -0.2) is 0 Å². The predicted octanol–water partition coefficient (Wildman–Crippen LogP) is 1.53. The Morgan fingerprint density at radius 2 is 2.35 bits per heavy atom. The van der Waals surface area contributed by atoms with E-state index in [1.54, 1.807) is 25.3 Å². The third-order valence-electron chi connectivity index (χ3n) is 1.83. The summed E-state index contributed by atoms with van der Waals surface area (Å²) in [5, 5.41) is 19.5. The standard InChI is InChI=1S/C10H10IN5O/c1-17-6-2-3-8(7(11)4-6)15-16-9(5-12)10(13)14/h2-4,15H,1H3,(H3,13,14)/b16-9+. The number of methoxy groups -OCH3 is 1. The Morgan fingerprint density at radius 3 is 2.82 bits per heavy atom. The molecule has 0 atom stereocenters. The van der Waals surface area contributed by atoms with Gasteiger partial charge < -0.3 is 10.5 Å². The molecule has 0 amide bonds. The van der Waals surface area contributed by atoms with Crippen molar-refractivity contribution in [2.45, 2.75) is 0 Å². The van der Waals surface area contributed by atoms with Gasteiger partial charge in [0.1, 0.15) is 11.8 Å². The van der Waals surface area contributed by atoms with E-state index < -0.39 is 0 Å². The van der Waals surface area contributed by atoms with Crippen molar-refractivity contribution >= 4 is 39.8 Å². The molecule has 0 aliphatic rings. The molecule has 88 valence electrons. The van der Waals surface area contributed by atoms with Crippen LogP contribution in [0, 0.1) is 20.3 Å². The lowest BCUT2D eigenvalue weighted by atomic mass is 10.3. The first-order chi connectivity index (χ1) is 8.08. The quantitative estimate of drug-likeness (QED) is 0.333. The van der Waals surface area contributed by atoms with Crippen molar-refractivity contribution in [1.29, 1.82) is 10.7 Å². The van der Waals surface area contributed by atoms with Gasteiger partial charge in [0, 0.05) is 3.57 Å². The maximum atomic E-state index is 8.66. The van der Waals surface area contributed by atoms with Crippen LogP contribution in [0.25, 0.3) is 0 Å². The van der Waals surface area contributed by atoms with Crippen LogP contribution in [-0.4, -0.2) is 18.7 Å². The predicted molar refractivity (Wildman–Crippen MR) is 74.3 cm³/mol. The van der Waals surface area contributed by atoms with E-state index in [9.17, 15) is 0 Å². The molecule has 1 aromatic carbocycles. The number of nitrogens with two attached hydrogens (primary N) is 1. The highest BCUT2D eigenvalue weighted by atomic mass is 127. The summed E-state index contributed by atoms with van der Waals surface area (Å²) in [6, 6.07) is 7.07. The zero-order valence-corrected chi connectivity index (χ0v) is 11.1. The molecule has 17 heavy (non-hydrogen) atoms. The summed E-state index contributed by atoms with van der Waals surface area (Å²) in [6.07, 6.45) is 0. The van der Waals surface area contributed by atoms with E-state index in [1.807, 2.05) is 6.07 Å². The molecule has 0 fully saturated rings. The van der Waals surface area contributed by atoms with Crippen LogP contribution < -0.4 is 15.9 Å². The van der Waals surface area contributed by atoms with Crippen molar-refractivity contribution < 1.29 is 4.74 Å². The lowest BCUT2D eigenvalue weighted by Gasteiger charge is -2.06. The molecule has 0 saturated heterocycles. The van der Waals surface area contributed by atoms with E-state index in [1.165, 1.54) is 0 Å². The second-order valence-electron chi connectivity index (χ2n) is 2.94. The van der Waals surface area contributed by atoms with E-state index in [-0.39, 0.29) is 11.5 Å². The Bertz CT molecular complexity index is 506. The summed E-state index contributed by atoms with van der Waals surface area (Å²) in [7, 11) is 1.58. The van der Waals surface area contributed by atoms with Crippen LogP contribution in [0.1, 0.15) is 0 Å². The molecule has 0 saturated carbocycles. The number of hydrogen-bond donors (Lipinski definition) is 3. The fourth-order valence-electron chi connectivity index (χ4n) is 0.975. The van der Waals surface area contributed by atoms with Crippen LogP contribution in [0.4, 0.5) is 5.69 Å². The number of nitriles is 1. The molecule has 0 unspecified atom stereocenters. The van der Waals surface area contributed by atoms with Crippen LogP contribution in [-0.2, 0) is 0 Å². The molecular formula is C10H10IN5O. The Balaban J connectivity index is 2.90. The maximum Gasteiger partial charge on any atom is 0.201 e. The number of ether oxygens (including phenoxy) is 1. The average Bonchev–Trinajstić information content (AvgIpc) is 2.31. The minimum atomic E-state index is -0.372. The number of nitrogens with one attached hydrogen (secondary N) is 2. The van der Waals surface area contributed by atoms with Crippen LogP contribution in [0.5, 0.6) is 5.75 Å². The molecular weight excluding hydrogens is 333 g/mol. The Kier molecular flexibility index (Phi) is 4.71. The monoisotopic (exact) mass is 343 g/mol. The minimum absolute atomic E-state index is 0.156. The van der Waals surface area contributed by atoms with Gasteiger partial charge in [-0.1, -0.05) is 0 Å². The fraction of sp³-hybridized carbons (Fsp3) is 0.100. The van der Waals surface area contributed by atoms with Gasteiger partial charge in [0.05, 0.1) is 12.8 Å². The molecule has 0 aliphatic heterocycles. The molecule has 0 aromatic heterocycles. The molecule has 0 heterocycles. The Morgan fingerprint density at radius 1 is 1.65 bits per heavy atom. The van der Waals surface area contributed by atoms with Crippen LogP contribution in [0.2, 0.25) is 0 Å². The zero-order valence-electron chi connectivity index (χ0n) is 8.99. The molecule has 4 N–H and O–H groups in total. The van der Waals surface area contributed by atoms with Gasteiger partial charge in [-0.15, -0.1) is 0 Å². The average molecular weight is 343 g/mol. The smallest absolute Gasteiger partial charge is 0.201 e. The highest BCUT2D eigenvalue weighted by Gasteiger charge is 2.03. The lowest BCUT2D eigenvalue weighted by Crippen LogP contribution is -2.21. The van der Waals surface area contributed by atoms with Gasteiger partial charge in [-0.05, 0) is 40.8 Å². The zero-order chi connectivity index (χ0) is 12.8.